The van der Waals surface area contributed by atoms with Gasteiger partial charge in [0.25, 0.3) is 0 Å². The van der Waals surface area contributed by atoms with E-state index in [2.05, 4.69) is 32.6 Å². The van der Waals surface area contributed by atoms with Gasteiger partial charge in [-0.2, -0.15) is 0 Å². The SMILES string of the molecule is CCCC1(CCC)CN(C(CO)C(C)C)C1. The Bertz CT molecular complexity index is 189. The number of likely N-dealkylation sites (tertiary alicyclic amines) is 1. The molecule has 1 unspecified atom stereocenters. The van der Waals surface area contributed by atoms with E-state index in [0.29, 0.717) is 24.0 Å². The molecule has 0 bridgehead atoms. The molecule has 1 saturated heterocycles. The summed E-state index contributed by atoms with van der Waals surface area (Å²) in [4.78, 5) is 2.48. The average molecular weight is 227 g/mol. The molecule has 0 aromatic rings. The molecule has 96 valence electrons. The van der Waals surface area contributed by atoms with Gasteiger partial charge in [0.2, 0.25) is 0 Å². The third-order valence-electron chi connectivity index (χ3n) is 4.06. The van der Waals surface area contributed by atoms with E-state index in [1.54, 1.807) is 0 Å². The predicted octanol–water partition coefficient (Wildman–Crippen LogP) is 2.91. The molecule has 0 aromatic heterocycles. The molecule has 1 N–H and O–H groups in total. The first-order chi connectivity index (χ1) is 7.58. The second-order valence-corrected chi connectivity index (χ2v) is 5.90. The summed E-state index contributed by atoms with van der Waals surface area (Å²) in [5, 5.41) is 9.42. The fourth-order valence-corrected chi connectivity index (χ4v) is 3.30. The van der Waals surface area contributed by atoms with E-state index in [9.17, 15) is 5.11 Å². The van der Waals surface area contributed by atoms with Gasteiger partial charge >= 0.3 is 0 Å². The lowest BCUT2D eigenvalue weighted by atomic mass is 9.71. The minimum absolute atomic E-state index is 0.312. The first kappa shape index (κ1) is 14.0. The van der Waals surface area contributed by atoms with Crippen LogP contribution in [0.5, 0.6) is 0 Å². The summed E-state index contributed by atoms with van der Waals surface area (Å²) in [5.74, 6) is 0.561. The Kier molecular flexibility index (Phi) is 5.26. The highest BCUT2D eigenvalue weighted by Gasteiger charge is 2.44. The molecule has 0 aromatic carbocycles. The first-order valence-electron chi connectivity index (χ1n) is 6.93. The van der Waals surface area contributed by atoms with Crippen LogP contribution in [0, 0.1) is 11.3 Å². The zero-order chi connectivity index (χ0) is 12.2. The fourth-order valence-electron chi connectivity index (χ4n) is 3.30. The van der Waals surface area contributed by atoms with E-state index in [4.69, 9.17) is 0 Å². The largest absolute Gasteiger partial charge is 0.395 e. The molecule has 0 saturated carbocycles. The summed E-state index contributed by atoms with van der Waals surface area (Å²) < 4.78 is 0. The molecule has 2 nitrogen and oxygen atoms in total. The molecule has 16 heavy (non-hydrogen) atoms. The molecule has 0 radical (unpaired) electrons. The normalized spacial score (nSPS) is 22.1. The Morgan fingerprint density at radius 1 is 1.12 bits per heavy atom. The summed E-state index contributed by atoms with van der Waals surface area (Å²) in [6.45, 7) is 11.7. The molecule has 1 atom stereocenters. The van der Waals surface area contributed by atoms with Crippen LogP contribution in [0.25, 0.3) is 0 Å². The van der Waals surface area contributed by atoms with E-state index in [0.717, 1.165) is 0 Å². The maximum Gasteiger partial charge on any atom is 0.0589 e. The van der Waals surface area contributed by atoms with Crippen LogP contribution in [0.1, 0.15) is 53.4 Å². The minimum atomic E-state index is 0.312. The van der Waals surface area contributed by atoms with Crippen molar-refractivity contribution in [1.82, 2.24) is 4.90 Å². The molecule has 1 rings (SSSR count). The summed E-state index contributed by atoms with van der Waals surface area (Å²) in [5.41, 5.74) is 0.575. The maximum atomic E-state index is 9.42. The van der Waals surface area contributed by atoms with Gasteiger partial charge in [0.05, 0.1) is 6.61 Å². The molecular weight excluding hydrogens is 198 g/mol. The van der Waals surface area contributed by atoms with E-state index in [-0.39, 0.29) is 0 Å². The topological polar surface area (TPSA) is 23.5 Å². The van der Waals surface area contributed by atoms with Crippen molar-refractivity contribution in [3.05, 3.63) is 0 Å². The van der Waals surface area contributed by atoms with Gasteiger partial charge in [0.1, 0.15) is 0 Å². The third-order valence-corrected chi connectivity index (χ3v) is 4.06. The van der Waals surface area contributed by atoms with Crippen molar-refractivity contribution in [2.24, 2.45) is 11.3 Å². The Hall–Kier alpha value is -0.0800. The van der Waals surface area contributed by atoms with Crippen LogP contribution in [-0.4, -0.2) is 35.7 Å². The van der Waals surface area contributed by atoms with Crippen LogP contribution >= 0.6 is 0 Å². The summed E-state index contributed by atoms with van der Waals surface area (Å²) in [6, 6.07) is 0.377. The Balaban J connectivity index is 2.48. The van der Waals surface area contributed by atoms with Crippen LogP contribution in [0.3, 0.4) is 0 Å². The molecule has 1 aliphatic rings. The van der Waals surface area contributed by atoms with E-state index in [1.807, 2.05) is 0 Å². The van der Waals surface area contributed by atoms with Gasteiger partial charge in [0, 0.05) is 19.1 Å². The van der Waals surface area contributed by atoms with Gasteiger partial charge in [-0.15, -0.1) is 0 Å². The number of hydrogen-bond donors (Lipinski definition) is 1. The van der Waals surface area contributed by atoms with Gasteiger partial charge < -0.3 is 5.11 Å². The maximum absolute atomic E-state index is 9.42. The summed E-state index contributed by atoms with van der Waals surface area (Å²) in [6.07, 6.45) is 5.29. The monoisotopic (exact) mass is 227 g/mol. The second kappa shape index (κ2) is 6.02. The fraction of sp³-hybridized carbons (Fsp3) is 1.00. The minimum Gasteiger partial charge on any atom is -0.395 e. The molecular formula is C14H29NO. The lowest BCUT2D eigenvalue weighted by Crippen LogP contribution is -2.61. The van der Waals surface area contributed by atoms with Crippen molar-refractivity contribution in [1.29, 1.82) is 0 Å². The van der Waals surface area contributed by atoms with Gasteiger partial charge in [-0.3, -0.25) is 4.90 Å². The van der Waals surface area contributed by atoms with Crippen LogP contribution in [0.4, 0.5) is 0 Å². The second-order valence-electron chi connectivity index (χ2n) is 5.90. The molecule has 0 amide bonds. The lowest BCUT2D eigenvalue weighted by molar-refractivity contribution is -0.0691. The van der Waals surface area contributed by atoms with Crippen LogP contribution in [-0.2, 0) is 0 Å². The molecule has 1 fully saturated rings. The van der Waals surface area contributed by atoms with Gasteiger partial charge in [-0.25, -0.2) is 0 Å². The van der Waals surface area contributed by atoms with Crippen LogP contribution < -0.4 is 0 Å². The number of rotatable bonds is 7. The Morgan fingerprint density at radius 2 is 1.62 bits per heavy atom. The van der Waals surface area contributed by atoms with E-state index >= 15 is 0 Å². The number of hydrogen-bond acceptors (Lipinski definition) is 2. The van der Waals surface area contributed by atoms with Crippen molar-refractivity contribution in [2.45, 2.75) is 59.4 Å². The summed E-state index contributed by atoms with van der Waals surface area (Å²) in [7, 11) is 0. The van der Waals surface area contributed by atoms with E-state index in [1.165, 1.54) is 38.8 Å². The highest BCUT2D eigenvalue weighted by atomic mass is 16.3. The molecule has 0 aliphatic carbocycles. The van der Waals surface area contributed by atoms with Gasteiger partial charge in [-0.1, -0.05) is 40.5 Å². The van der Waals surface area contributed by atoms with Crippen molar-refractivity contribution >= 4 is 0 Å². The zero-order valence-electron chi connectivity index (χ0n) is 11.5. The van der Waals surface area contributed by atoms with Crippen molar-refractivity contribution in [3.8, 4) is 0 Å². The highest BCUT2D eigenvalue weighted by Crippen LogP contribution is 2.41. The van der Waals surface area contributed by atoms with Crippen LogP contribution in [0.2, 0.25) is 0 Å². The Morgan fingerprint density at radius 3 is 1.94 bits per heavy atom. The van der Waals surface area contributed by atoms with Crippen molar-refractivity contribution < 1.29 is 5.11 Å². The highest BCUT2D eigenvalue weighted by molar-refractivity contribution is 4.97. The van der Waals surface area contributed by atoms with Crippen LogP contribution in [0.15, 0.2) is 0 Å². The van der Waals surface area contributed by atoms with E-state index < -0.39 is 0 Å². The van der Waals surface area contributed by atoms with Gasteiger partial charge in [0.15, 0.2) is 0 Å². The van der Waals surface area contributed by atoms with Crippen molar-refractivity contribution in [2.75, 3.05) is 19.7 Å². The molecule has 1 aliphatic heterocycles. The number of aliphatic hydroxyl groups excluding tert-OH is 1. The first-order valence-corrected chi connectivity index (χ1v) is 6.93. The quantitative estimate of drug-likeness (QED) is 0.723. The molecule has 1 heterocycles. The summed E-state index contributed by atoms with van der Waals surface area (Å²) >= 11 is 0. The number of aliphatic hydroxyl groups is 1. The van der Waals surface area contributed by atoms with Gasteiger partial charge in [-0.05, 0) is 24.2 Å². The molecule has 2 heteroatoms. The standard InChI is InChI=1S/C14H29NO/c1-5-7-14(8-6-2)10-15(11-14)13(9-16)12(3)4/h12-13,16H,5-11H2,1-4H3. The smallest absolute Gasteiger partial charge is 0.0589 e. The average Bonchev–Trinajstić information content (AvgIpc) is 2.16. The van der Waals surface area contributed by atoms with Crippen molar-refractivity contribution in [3.63, 3.8) is 0 Å². The molecule has 0 spiro atoms. The number of nitrogens with zero attached hydrogens (tertiary/aromatic N) is 1. The Labute approximate surface area is 101 Å². The predicted molar refractivity (Wildman–Crippen MR) is 69.5 cm³/mol. The third kappa shape index (κ3) is 2.98. The lowest BCUT2D eigenvalue weighted by Gasteiger charge is -2.54. The zero-order valence-corrected chi connectivity index (χ0v) is 11.5.